The normalized spacial score (nSPS) is 20.2. The maximum absolute atomic E-state index is 13.5. The monoisotopic (exact) mass is 2730 g/mol. The van der Waals surface area contributed by atoms with Gasteiger partial charge in [0, 0.05) is 82.2 Å². The molecule has 141 heavy (non-hydrogen) atoms. The minimum atomic E-state index is -6.76. The summed E-state index contributed by atoms with van der Waals surface area (Å²) in [6.07, 6.45) is -7.28. The van der Waals surface area contributed by atoms with Crippen LogP contribution in [0.3, 0.4) is 0 Å². The largest absolute Gasteiger partial charge is 0.743 e. The zero-order valence-electron chi connectivity index (χ0n) is 72.9. The maximum Gasteiger partial charge on any atom is 0.432 e. The molecule has 0 amide bonds. The first-order valence-corrected chi connectivity index (χ1v) is 57.4. The molecule has 2 aromatic heterocycles. The van der Waals surface area contributed by atoms with Gasteiger partial charge in [0.05, 0.1) is 45.9 Å². The number of carbonyl (C=O) groups is 6. The Bertz CT molecular complexity index is 6790. The molecule has 6 bridgehead atoms. The third-order valence-electron chi connectivity index (χ3n) is 24.3. The van der Waals surface area contributed by atoms with E-state index >= 15 is 0 Å². The van der Waals surface area contributed by atoms with E-state index in [0.29, 0.717) is 38.5 Å². The van der Waals surface area contributed by atoms with Gasteiger partial charge in [0.25, 0.3) is 6.10 Å². The van der Waals surface area contributed by atoms with E-state index in [9.17, 15) is 107 Å². The van der Waals surface area contributed by atoms with E-state index in [0.717, 1.165) is 45.7 Å². The van der Waals surface area contributed by atoms with Crippen LogP contribution in [-0.4, -0.2) is 135 Å². The van der Waals surface area contributed by atoms with Crippen molar-refractivity contribution in [2.45, 2.75) is 113 Å². The fourth-order valence-electron chi connectivity index (χ4n) is 18.6. The highest BCUT2D eigenvalue weighted by Crippen LogP contribution is 2.63. The van der Waals surface area contributed by atoms with E-state index in [2.05, 4.69) is 263 Å². The molecule has 11 aromatic carbocycles. The molecule has 7 aliphatic rings. The van der Waals surface area contributed by atoms with Crippen LogP contribution in [0, 0.1) is 68.3 Å². The summed E-state index contributed by atoms with van der Waals surface area (Å²) in [5, 5.41) is -9.77. The third-order valence-corrected chi connectivity index (χ3v) is 41.1. The van der Waals surface area contributed by atoms with Gasteiger partial charge in [0.1, 0.15) is 12.2 Å². The van der Waals surface area contributed by atoms with E-state index in [4.69, 9.17) is 14.2 Å². The van der Waals surface area contributed by atoms with Crippen LogP contribution in [0.25, 0.3) is 50.1 Å². The van der Waals surface area contributed by atoms with E-state index in [1.807, 2.05) is 136 Å². The standard InChI is InChI=1S/C22H26F2O9S.2C18H13S.C18H15S.C14H10F5I3O7S.C9H5F2I3O5S/c23-22(24,34(28,29)30)8-31-18(25)14-12-4-13-15(14)19(26)32-16(13)17(12)33-20(27)21-5-9-1-10(6-21)3-11(2-9)7-21;2*1-2-8-14(9-3-1)19-17-12-6-4-10-15(17)16-11-5-7-13-18(16)19;1-4-10-16(11-5-1)19(17-12-6-2-7-13-17)18-14-8-3-9-15-18;15-13(16,17)12(14(18,19)30(25,26)27)29-9(23)2-1-3-28-11(24)7-4-6(20)5-8(21)10(7)22;10-9(11,20(16,17)18)3-19-8(15)5-1-4(12)2-6(13)7(5)14/h9-17H,1-8H2,(H,28,29,30);2*1-13H;1-15H;4-5,12H,1-3H2,(H,25,26,27);1-2H,3H2,(H,16,17,18)/q;3*+1;;/p-3. The number of hydrogen-bond acceptors (Lipinski definition) is 21. The highest BCUT2D eigenvalue weighted by molar-refractivity contribution is 14.1. The molecule has 7 atom stereocenters. The lowest BCUT2D eigenvalue weighted by atomic mass is 9.49. The summed E-state index contributed by atoms with van der Waals surface area (Å²) in [5.41, 5.74) is -0.313. The van der Waals surface area contributed by atoms with Gasteiger partial charge in [0.2, 0.25) is 0 Å². The van der Waals surface area contributed by atoms with Crippen LogP contribution in [-0.2, 0) is 88.8 Å². The number of thiophene rings is 2. The van der Waals surface area contributed by atoms with Crippen LogP contribution in [0.1, 0.15) is 78.5 Å². The molecule has 0 radical (unpaired) electrons. The van der Waals surface area contributed by atoms with Crippen LogP contribution in [0.5, 0.6) is 0 Å². The first kappa shape index (κ1) is 109. The fourth-order valence-corrected chi connectivity index (χ4v) is 31.1. The average Bonchev–Trinajstić information content (AvgIpc) is 1.54. The molecule has 13 aromatic rings. The Morgan fingerprint density at radius 1 is 0.454 bits per heavy atom. The van der Waals surface area contributed by atoms with Gasteiger partial charge >= 0.3 is 57.8 Å². The summed E-state index contributed by atoms with van der Waals surface area (Å²) in [4.78, 5) is 80.7. The summed E-state index contributed by atoms with van der Waals surface area (Å²) < 4.78 is 250. The van der Waals surface area contributed by atoms with Gasteiger partial charge < -0.3 is 42.1 Å². The molecule has 6 saturated carbocycles. The number of ether oxygens (including phenoxy) is 6. The quantitative estimate of drug-likeness (QED) is 0.00839. The summed E-state index contributed by atoms with van der Waals surface area (Å²) in [6.45, 7) is -4.21. The SMILES string of the molecule is O=C(CCCOC(=O)c1cc(I)cc(I)c1I)OC(C(F)(F)F)C(F)(F)S(=O)(=O)[O-].O=C(OCC(F)(F)S(=O)(=O)[O-])c1cc(I)cc(I)c1I.O=C1OC2C3CC(C2OC(=O)C24CC5CC(CC(C5)C2)C4)C(C(=O)OCC(F)(F)S(=O)(=O)[O-])C13.c1ccc(-[s+]2c3ccccc3c3ccccc32)cc1.c1ccc(-[s+]2c3ccccc3c3ccccc32)cc1.c1ccc([S+](c2ccccc2)c2ccccc2)cc1. The number of benzene rings is 11. The molecule has 7 unspecified atom stereocenters. The van der Waals surface area contributed by atoms with Crippen molar-refractivity contribution >= 4 is 274 Å². The maximum atomic E-state index is 13.5. The number of fused-ring (bicyclic) bond motifs is 7. The van der Waals surface area contributed by atoms with Gasteiger partial charge in [-0.25, -0.2) is 34.8 Å². The molecule has 7 fully saturated rings. The summed E-state index contributed by atoms with van der Waals surface area (Å²) in [6, 6.07) is 95.4. The average molecular weight is 2730 g/mol. The lowest BCUT2D eigenvalue weighted by Crippen LogP contribution is -2.53. The molecular formula is C99H79F9I6O21S6. The third kappa shape index (κ3) is 25.2. The van der Waals surface area contributed by atoms with E-state index in [1.165, 1.54) is 77.0 Å². The van der Waals surface area contributed by atoms with Crippen LogP contribution in [0.4, 0.5) is 39.5 Å². The van der Waals surface area contributed by atoms with Crippen LogP contribution in [0.2, 0.25) is 0 Å². The van der Waals surface area contributed by atoms with Crippen molar-refractivity contribution in [2.75, 3.05) is 19.8 Å². The first-order valence-electron chi connectivity index (χ1n) is 43.0. The summed E-state index contributed by atoms with van der Waals surface area (Å²) in [5.74, 6) is -7.64. The highest BCUT2D eigenvalue weighted by Gasteiger charge is 2.71. The number of alkyl halides is 9. The van der Waals surface area contributed by atoms with Crippen molar-refractivity contribution < 1.29 is 136 Å². The minimum absolute atomic E-state index is 0.0146. The molecule has 6 aliphatic carbocycles. The Balaban J connectivity index is 0.000000137. The fraction of sp³-hybridized carbons (Fsp3) is 0.273. The predicted molar refractivity (Wildman–Crippen MR) is 561 cm³/mol. The predicted octanol–water partition coefficient (Wildman–Crippen LogP) is 24.7. The Hall–Kier alpha value is -7.49. The van der Waals surface area contributed by atoms with E-state index < -0.39 is 162 Å². The molecule has 20 rings (SSSR count). The van der Waals surface area contributed by atoms with Gasteiger partial charge in [0.15, 0.2) is 86.8 Å². The number of hydrogen-bond donors (Lipinski definition) is 0. The van der Waals surface area contributed by atoms with Gasteiger partial charge in [-0.2, -0.15) is 39.5 Å². The molecule has 0 spiro atoms. The van der Waals surface area contributed by atoms with Gasteiger partial charge in [-0.15, -0.1) is 0 Å². The lowest BCUT2D eigenvalue weighted by Gasteiger charge is -2.55. The van der Waals surface area contributed by atoms with Crippen molar-refractivity contribution in [1.82, 2.24) is 0 Å². The van der Waals surface area contributed by atoms with Crippen molar-refractivity contribution in [1.29, 1.82) is 0 Å². The Morgan fingerprint density at radius 3 is 1.18 bits per heavy atom. The zero-order chi connectivity index (χ0) is 102. The summed E-state index contributed by atoms with van der Waals surface area (Å²) in [7, 11) is -18.6. The Morgan fingerprint density at radius 2 is 0.809 bits per heavy atom. The van der Waals surface area contributed by atoms with Crippen molar-refractivity contribution in [3.05, 3.63) is 306 Å². The molecule has 1 aliphatic heterocycles. The van der Waals surface area contributed by atoms with Crippen molar-refractivity contribution in [3.8, 4) is 9.79 Å². The topological polar surface area (TPSA) is 329 Å². The number of esters is 6. The molecule has 0 N–H and O–H groups in total. The highest BCUT2D eigenvalue weighted by atomic mass is 127. The Labute approximate surface area is 894 Å². The smallest absolute Gasteiger partial charge is 0.432 e. The van der Waals surface area contributed by atoms with Crippen molar-refractivity contribution in [3.63, 3.8) is 0 Å². The summed E-state index contributed by atoms with van der Waals surface area (Å²) >= 11 is 11.6. The molecule has 1 saturated heterocycles. The minimum Gasteiger partial charge on any atom is -0.743 e. The second-order valence-corrected chi connectivity index (χ2v) is 51.0. The van der Waals surface area contributed by atoms with Crippen LogP contribution < -0.4 is 0 Å². The van der Waals surface area contributed by atoms with Crippen LogP contribution in [0.15, 0.2) is 288 Å². The van der Waals surface area contributed by atoms with E-state index in [-0.39, 0.29) is 48.9 Å². The van der Waals surface area contributed by atoms with Gasteiger partial charge in [-0.1, -0.05) is 140 Å². The number of halogens is 15. The molecule has 742 valence electrons. The van der Waals surface area contributed by atoms with Crippen LogP contribution >= 0.6 is 156 Å². The molecule has 3 heterocycles. The number of rotatable bonds is 23. The zero-order valence-corrected chi connectivity index (χ0v) is 90.8. The second kappa shape index (κ2) is 45.9. The second-order valence-electron chi connectivity index (χ2n) is 33.6. The molecule has 21 nitrogen and oxygen atoms in total. The lowest BCUT2D eigenvalue weighted by molar-refractivity contribution is -0.259. The van der Waals surface area contributed by atoms with E-state index in [1.54, 1.807) is 12.1 Å². The Kier molecular flexibility index (Phi) is 35.5. The number of carbonyl (C=O) groups excluding carboxylic acids is 6. The van der Waals surface area contributed by atoms with Crippen molar-refractivity contribution in [2.24, 2.45) is 46.8 Å². The first-order chi connectivity index (χ1) is 66.7. The molecular weight excluding hydrogens is 2650 g/mol. The molecule has 42 heteroatoms. The van der Waals surface area contributed by atoms with Gasteiger partial charge in [-0.05, 0) is 338 Å². The van der Waals surface area contributed by atoms with Gasteiger partial charge in [-0.3, -0.25) is 19.2 Å².